The zero-order valence-corrected chi connectivity index (χ0v) is 14.0. The summed E-state index contributed by atoms with van der Waals surface area (Å²) < 4.78 is 15.3. The Morgan fingerprint density at radius 2 is 1.78 bits per heavy atom. The Labute approximate surface area is 152 Å². The smallest absolute Gasteiger partial charge is 0.340 e. The maximum absolute atomic E-state index is 13.0. The summed E-state index contributed by atoms with van der Waals surface area (Å²) in [7, 11) is 0. The fraction of sp³-hybridized carbons (Fsp3) is 0.0526. The third-order valence-corrected chi connectivity index (χ3v) is 3.96. The zero-order chi connectivity index (χ0) is 18.8. The molecule has 0 saturated heterocycles. The predicted molar refractivity (Wildman–Crippen MR) is 97.7 cm³/mol. The van der Waals surface area contributed by atoms with Gasteiger partial charge in [0.1, 0.15) is 18.2 Å². The minimum Gasteiger partial charge on any atom is -0.340 e. The van der Waals surface area contributed by atoms with Crippen molar-refractivity contribution in [2.75, 3.05) is 5.32 Å². The van der Waals surface area contributed by atoms with Gasteiger partial charge < -0.3 is 5.32 Å². The van der Waals surface area contributed by atoms with Gasteiger partial charge in [-0.15, -0.1) is 5.10 Å². The molecule has 134 valence electrons. The molecule has 0 aliphatic heterocycles. The number of halogens is 1. The van der Waals surface area contributed by atoms with Gasteiger partial charge in [-0.05, 0) is 42.5 Å². The summed E-state index contributed by atoms with van der Waals surface area (Å²) in [6.45, 7) is -0.255. The molecule has 0 saturated carbocycles. The van der Waals surface area contributed by atoms with Gasteiger partial charge in [0, 0.05) is 17.4 Å². The van der Waals surface area contributed by atoms with E-state index in [1.54, 1.807) is 12.3 Å². The molecule has 2 aromatic carbocycles. The Bertz CT molecular complexity index is 1170. The third-order valence-electron chi connectivity index (χ3n) is 3.96. The second kappa shape index (κ2) is 6.83. The van der Waals surface area contributed by atoms with Crippen LogP contribution in [0.3, 0.4) is 0 Å². The van der Waals surface area contributed by atoms with Gasteiger partial charge in [0.05, 0.1) is 0 Å². The highest BCUT2D eigenvalue weighted by Crippen LogP contribution is 2.13. The molecule has 2 aromatic heterocycles. The Kier molecular flexibility index (Phi) is 4.21. The first-order chi connectivity index (χ1) is 13.1. The summed E-state index contributed by atoms with van der Waals surface area (Å²) in [5.74, 6) is -0.0780. The molecule has 0 aliphatic rings. The first kappa shape index (κ1) is 16.6. The van der Waals surface area contributed by atoms with E-state index in [9.17, 15) is 14.0 Å². The van der Waals surface area contributed by atoms with E-state index in [1.807, 2.05) is 30.3 Å². The van der Waals surface area contributed by atoms with Crippen molar-refractivity contribution in [3.63, 3.8) is 0 Å². The minimum atomic E-state index is -0.473. The van der Waals surface area contributed by atoms with Crippen molar-refractivity contribution in [2.24, 2.45) is 0 Å². The van der Waals surface area contributed by atoms with E-state index in [4.69, 9.17) is 0 Å². The summed E-state index contributed by atoms with van der Waals surface area (Å²) >= 11 is 0. The average Bonchev–Trinajstić information content (AvgIpc) is 2.98. The van der Waals surface area contributed by atoms with Crippen LogP contribution >= 0.6 is 0 Å². The highest BCUT2D eigenvalue weighted by molar-refractivity contribution is 5.95. The van der Waals surface area contributed by atoms with E-state index in [-0.39, 0.29) is 18.1 Å². The highest BCUT2D eigenvalue weighted by atomic mass is 19.1. The van der Waals surface area contributed by atoms with Crippen LogP contribution in [-0.2, 0) is 6.54 Å². The number of Topliss-reactive ketones (excluding diaryl/α,β-unsaturated/α-hetero) is 1. The normalized spacial score (nSPS) is 10.9. The fourth-order valence-electron chi connectivity index (χ4n) is 2.61. The molecule has 2 heterocycles. The molecule has 0 amide bonds. The molecule has 0 bridgehead atoms. The maximum atomic E-state index is 13.0. The lowest BCUT2D eigenvalue weighted by Gasteiger charge is -2.04. The van der Waals surface area contributed by atoms with Crippen LogP contribution in [0.15, 0.2) is 71.7 Å². The summed E-state index contributed by atoms with van der Waals surface area (Å²) in [4.78, 5) is 29.0. The Hall–Kier alpha value is -3.81. The highest BCUT2D eigenvalue weighted by Gasteiger charge is 2.13. The number of anilines is 2. The number of para-hydroxylation sites is 1. The second-order valence-electron chi connectivity index (χ2n) is 5.84. The molecule has 0 fully saturated rings. The first-order valence-electron chi connectivity index (χ1n) is 8.17. The molecular formula is C19H14FN5O2. The van der Waals surface area contributed by atoms with E-state index < -0.39 is 11.5 Å². The van der Waals surface area contributed by atoms with Gasteiger partial charge in [0.25, 0.3) is 5.78 Å². The van der Waals surface area contributed by atoms with Crippen LogP contribution in [0.25, 0.3) is 5.78 Å². The number of rotatable bonds is 5. The van der Waals surface area contributed by atoms with Gasteiger partial charge in [0.2, 0.25) is 0 Å². The topological polar surface area (TPSA) is 81.3 Å². The number of fused-ring (bicyclic) bond motifs is 1. The third kappa shape index (κ3) is 3.45. The number of ketones is 1. The molecule has 0 atom stereocenters. The number of hydrogen-bond acceptors (Lipinski definition) is 5. The summed E-state index contributed by atoms with van der Waals surface area (Å²) in [6.07, 6.45) is 1.54. The van der Waals surface area contributed by atoms with Crippen LogP contribution in [0.5, 0.6) is 0 Å². The van der Waals surface area contributed by atoms with Gasteiger partial charge in [0.15, 0.2) is 5.78 Å². The molecule has 4 rings (SSSR count). The van der Waals surface area contributed by atoms with E-state index in [1.165, 1.54) is 28.7 Å². The number of carbonyl (C=O) groups is 1. The van der Waals surface area contributed by atoms with E-state index in [2.05, 4.69) is 15.4 Å². The predicted octanol–water partition coefficient (Wildman–Crippen LogP) is 2.66. The summed E-state index contributed by atoms with van der Waals surface area (Å²) in [5, 5.41) is 7.24. The van der Waals surface area contributed by atoms with Gasteiger partial charge in [-0.2, -0.15) is 4.98 Å². The molecule has 0 radical (unpaired) electrons. The van der Waals surface area contributed by atoms with Crippen LogP contribution in [0.4, 0.5) is 15.9 Å². The Morgan fingerprint density at radius 1 is 1.04 bits per heavy atom. The van der Waals surface area contributed by atoms with Crippen molar-refractivity contribution < 1.29 is 9.18 Å². The summed E-state index contributed by atoms with van der Waals surface area (Å²) in [5.41, 5.74) is 0.682. The molecule has 27 heavy (non-hydrogen) atoms. The van der Waals surface area contributed by atoms with Gasteiger partial charge in [-0.3, -0.25) is 4.79 Å². The quantitative estimate of drug-likeness (QED) is 0.551. The minimum absolute atomic E-state index is 0.174. The molecule has 4 aromatic rings. The monoisotopic (exact) mass is 363 g/mol. The SMILES string of the molecule is O=C(Cn1nc2nc(Nc3ccccc3)ccn2c1=O)c1ccc(F)cc1. The van der Waals surface area contributed by atoms with Crippen molar-refractivity contribution >= 4 is 23.1 Å². The lowest BCUT2D eigenvalue weighted by Crippen LogP contribution is -2.25. The molecule has 0 spiro atoms. The largest absolute Gasteiger partial charge is 0.352 e. The molecule has 0 aliphatic carbocycles. The van der Waals surface area contributed by atoms with Gasteiger partial charge >= 0.3 is 5.69 Å². The lowest BCUT2D eigenvalue weighted by atomic mass is 10.1. The van der Waals surface area contributed by atoms with Crippen LogP contribution < -0.4 is 11.0 Å². The van der Waals surface area contributed by atoms with Crippen LogP contribution in [0, 0.1) is 5.82 Å². The number of nitrogens with zero attached hydrogens (tertiary/aromatic N) is 4. The molecule has 8 heteroatoms. The number of aromatic nitrogens is 4. The first-order valence-corrected chi connectivity index (χ1v) is 8.17. The number of hydrogen-bond donors (Lipinski definition) is 1. The second-order valence-corrected chi connectivity index (χ2v) is 5.84. The van der Waals surface area contributed by atoms with E-state index in [0.717, 1.165) is 10.4 Å². The standard InChI is InChI=1S/C19H14FN5O2/c20-14-8-6-13(7-9-14)16(26)12-25-19(27)24-11-10-17(22-18(24)23-25)21-15-4-2-1-3-5-15/h1-11H,12H2,(H,21,22,23). The molecule has 7 nitrogen and oxygen atoms in total. The van der Waals surface area contributed by atoms with E-state index in [0.29, 0.717) is 11.4 Å². The van der Waals surface area contributed by atoms with Crippen molar-refractivity contribution in [3.8, 4) is 0 Å². The molecule has 0 unspecified atom stereocenters. The van der Waals surface area contributed by atoms with E-state index >= 15 is 0 Å². The van der Waals surface area contributed by atoms with Gasteiger partial charge in [-0.25, -0.2) is 18.3 Å². The number of benzene rings is 2. The number of carbonyl (C=O) groups excluding carboxylic acids is 1. The number of nitrogens with one attached hydrogen (secondary N) is 1. The molecule has 1 N–H and O–H groups in total. The molecular weight excluding hydrogens is 349 g/mol. The van der Waals surface area contributed by atoms with Crippen molar-refractivity contribution in [1.29, 1.82) is 0 Å². The zero-order valence-electron chi connectivity index (χ0n) is 14.0. The lowest BCUT2D eigenvalue weighted by molar-refractivity contribution is 0.0966. The van der Waals surface area contributed by atoms with Crippen LogP contribution in [0.2, 0.25) is 0 Å². The fourth-order valence-corrected chi connectivity index (χ4v) is 2.61. The Morgan fingerprint density at radius 3 is 2.52 bits per heavy atom. The maximum Gasteiger partial charge on any atom is 0.352 e. The van der Waals surface area contributed by atoms with Gasteiger partial charge in [-0.1, -0.05) is 18.2 Å². The van der Waals surface area contributed by atoms with Crippen LogP contribution in [-0.4, -0.2) is 24.9 Å². The summed E-state index contributed by atoms with van der Waals surface area (Å²) in [6, 6.07) is 16.2. The van der Waals surface area contributed by atoms with Crippen molar-refractivity contribution in [3.05, 3.63) is 88.7 Å². The average molecular weight is 363 g/mol. The van der Waals surface area contributed by atoms with Crippen LogP contribution in [0.1, 0.15) is 10.4 Å². The van der Waals surface area contributed by atoms with Crippen molar-refractivity contribution in [2.45, 2.75) is 6.54 Å². The van der Waals surface area contributed by atoms with Crippen molar-refractivity contribution in [1.82, 2.24) is 19.2 Å². The Balaban J connectivity index is 1.60.